The first-order valence-electron chi connectivity index (χ1n) is 7.24. The van der Waals surface area contributed by atoms with Crippen LogP contribution in [0.4, 0.5) is 11.4 Å². The van der Waals surface area contributed by atoms with E-state index in [0.717, 1.165) is 0 Å². The van der Waals surface area contributed by atoms with E-state index in [2.05, 4.69) is 16.0 Å². The largest absolute Gasteiger partial charge is 0.383 e. The Balaban J connectivity index is 2.53. The lowest BCUT2D eigenvalue weighted by molar-refractivity contribution is -0.123. The van der Waals surface area contributed by atoms with Crippen molar-refractivity contribution in [3.8, 4) is 0 Å². The Kier molecular flexibility index (Phi) is 7.01. The maximum Gasteiger partial charge on any atom is 0.238 e. The molecule has 0 aromatic heterocycles. The number of methoxy groups -OCH3 is 1. The summed E-state index contributed by atoms with van der Waals surface area (Å²) in [5, 5.41) is 8.58. The highest BCUT2D eigenvalue weighted by Crippen LogP contribution is 2.19. The Morgan fingerprint density at radius 3 is 2.36 bits per heavy atom. The summed E-state index contributed by atoms with van der Waals surface area (Å²) in [5.74, 6) is -0.215. The van der Waals surface area contributed by atoms with Gasteiger partial charge in [-0.25, -0.2) is 0 Å². The third kappa shape index (κ3) is 6.69. The van der Waals surface area contributed by atoms with Crippen LogP contribution < -0.4 is 16.0 Å². The smallest absolute Gasteiger partial charge is 0.238 e. The second-order valence-corrected chi connectivity index (χ2v) is 6.00. The predicted octanol–water partition coefficient (Wildman–Crippen LogP) is 1.85. The molecule has 6 nitrogen and oxygen atoms in total. The summed E-state index contributed by atoms with van der Waals surface area (Å²) in [6.45, 7) is 6.92. The molecule has 0 heterocycles. The quantitative estimate of drug-likeness (QED) is 0.672. The number of anilines is 2. The molecule has 122 valence electrons. The summed E-state index contributed by atoms with van der Waals surface area (Å²) in [7, 11) is 1.61. The average molecular weight is 307 g/mol. The van der Waals surface area contributed by atoms with Crippen molar-refractivity contribution < 1.29 is 14.3 Å². The molecule has 0 atom stereocenters. The highest BCUT2D eigenvalue weighted by Gasteiger charge is 2.21. The molecule has 0 unspecified atom stereocenters. The Bertz CT molecular complexity index is 510. The molecule has 0 aliphatic heterocycles. The van der Waals surface area contributed by atoms with Crippen molar-refractivity contribution in [3.05, 3.63) is 24.3 Å². The highest BCUT2D eigenvalue weighted by atomic mass is 16.5. The van der Waals surface area contributed by atoms with Gasteiger partial charge < -0.3 is 20.7 Å². The van der Waals surface area contributed by atoms with E-state index in [4.69, 9.17) is 4.74 Å². The van der Waals surface area contributed by atoms with E-state index in [1.54, 1.807) is 31.4 Å². The van der Waals surface area contributed by atoms with Gasteiger partial charge in [-0.3, -0.25) is 9.59 Å². The predicted molar refractivity (Wildman–Crippen MR) is 87.9 cm³/mol. The van der Waals surface area contributed by atoms with Crippen LogP contribution in [0.25, 0.3) is 0 Å². The first kappa shape index (κ1) is 18.1. The van der Waals surface area contributed by atoms with Crippen molar-refractivity contribution in [1.29, 1.82) is 0 Å². The number of hydrogen-bond donors (Lipinski definition) is 3. The van der Waals surface area contributed by atoms with Crippen molar-refractivity contribution in [2.24, 2.45) is 5.41 Å². The molecule has 1 aromatic carbocycles. The molecule has 0 aliphatic carbocycles. The van der Waals surface area contributed by atoms with Crippen LogP contribution in [0.15, 0.2) is 24.3 Å². The van der Waals surface area contributed by atoms with Gasteiger partial charge in [-0.05, 0) is 18.2 Å². The molecule has 1 rings (SSSR count). The Hall–Kier alpha value is -1.92. The maximum atomic E-state index is 12.0. The Morgan fingerprint density at radius 2 is 1.77 bits per heavy atom. The molecule has 3 N–H and O–H groups in total. The number of benzene rings is 1. The molecule has 0 saturated carbocycles. The third-order valence-electron chi connectivity index (χ3n) is 2.85. The molecule has 1 aromatic rings. The zero-order valence-corrected chi connectivity index (χ0v) is 13.7. The summed E-state index contributed by atoms with van der Waals surface area (Å²) in [4.78, 5) is 23.7. The van der Waals surface area contributed by atoms with Crippen molar-refractivity contribution >= 4 is 23.2 Å². The number of nitrogens with one attached hydrogen (secondary N) is 3. The first-order chi connectivity index (χ1) is 10.3. The number of carbonyl (C=O) groups is 2. The highest BCUT2D eigenvalue weighted by molar-refractivity contribution is 5.96. The third-order valence-corrected chi connectivity index (χ3v) is 2.85. The number of hydrogen-bond acceptors (Lipinski definition) is 4. The van der Waals surface area contributed by atoms with E-state index in [0.29, 0.717) is 24.5 Å². The molecule has 2 amide bonds. The normalized spacial score (nSPS) is 11.1. The molecule has 0 saturated heterocycles. The summed E-state index contributed by atoms with van der Waals surface area (Å²) < 4.78 is 4.89. The van der Waals surface area contributed by atoms with Crippen LogP contribution in [0.3, 0.4) is 0 Å². The first-order valence-corrected chi connectivity index (χ1v) is 7.24. The van der Waals surface area contributed by atoms with Crippen molar-refractivity contribution in [2.45, 2.75) is 20.8 Å². The lowest BCUT2D eigenvalue weighted by Crippen LogP contribution is -2.30. The van der Waals surface area contributed by atoms with E-state index in [1.807, 2.05) is 20.8 Å². The molecule has 0 fully saturated rings. The van der Waals surface area contributed by atoms with Gasteiger partial charge in [0.2, 0.25) is 11.8 Å². The number of ether oxygens (including phenoxy) is 1. The van der Waals surface area contributed by atoms with E-state index < -0.39 is 5.41 Å². The van der Waals surface area contributed by atoms with E-state index in [9.17, 15) is 9.59 Å². The average Bonchev–Trinajstić information content (AvgIpc) is 2.43. The summed E-state index contributed by atoms with van der Waals surface area (Å²) in [6, 6.07) is 7.08. The van der Waals surface area contributed by atoms with Gasteiger partial charge in [-0.15, -0.1) is 0 Å². The summed E-state index contributed by atoms with van der Waals surface area (Å²) in [5.41, 5.74) is 0.833. The van der Waals surface area contributed by atoms with Gasteiger partial charge >= 0.3 is 0 Å². The molecule has 0 spiro atoms. The lowest BCUT2D eigenvalue weighted by Gasteiger charge is -2.18. The van der Waals surface area contributed by atoms with E-state index in [-0.39, 0.29) is 18.4 Å². The van der Waals surface area contributed by atoms with Gasteiger partial charge in [-0.1, -0.05) is 26.8 Å². The van der Waals surface area contributed by atoms with Gasteiger partial charge in [0.1, 0.15) is 0 Å². The maximum absolute atomic E-state index is 12.0. The van der Waals surface area contributed by atoms with Gasteiger partial charge in [0.25, 0.3) is 0 Å². The van der Waals surface area contributed by atoms with Gasteiger partial charge in [0.15, 0.2) is 0 Å². The molecular formula is C16H25N3O3. The van der Waals surface area contributed by atoms with Gasteiger partial charge in [0, 0.05) is 30.4 Å². The molecule has 0 aliphatic rings. The van der Waals surface area contributed by atoms with Crippen LogP contribution in [0.5, 0.6) is 0 Å². The van der Waals surface area contributed by atoms with Crippen LogP contribution >= 0.6 is 0 Å². The second kappa shape index (κ2) is 8.51. The Morgan fingerprint density at radius 1 is 1.14 bits per heavy atom. The SMILES string of the molecule is COCCNCC(=O)Nc1cccc(NC(=O)C(C)(C)C)c1. The van der Waals surface area contributed by atoms with Crippen LogP contribution in [0.2, 0.25) is 0 Å². The fourth-order valence-corrected chi connectivity index (χ4v) is 1.57. The van der Waals surface area contributed by atoms with Crippen LogP contribution in [0.1, 0.15) is 20.8 Å². The molecule has 0 radical (unpaired) electrons. The standard InChI is InChI=1S/C16H25N3O3/c1-16(2,3)15(21)19-13-7-5-6-12(10-13)18-14(20)11-17-8-9-22-4/h5-7,10,17H,8-9,11H2,1-4H3,(H,18,20)(H,19,21). The van der Waals surface area contributed by atoms with Crippen LogP contribution in [0, 0.1) is 5.41 Å². The molecule has 22 heavy (non-hydrogen) atoms. The topological polar surface area (TPSA) is 79.5 Å². The summed E-state index contributed by atoms with van der Waals surface area (Å²) in [6.07, 6.45) is 0. The fraction of sp³-hybridized carbons (Fsp3) is 0.500. The van der Waals surface area contributed by atoms with Gasteiger partial charge in [0.05, 0.1) is 13.2 Å². The lowest BCUT2D eigenvalue weighted by atomic mass is 9.95. The molecule has 0 bridgehead atoms. The minimum Gasteiger partial charge on any atom is -0.383 e. The van der Waals surface area contributed by atoms with E-state index >= 15 is 0 Å². The van der Waals surface area contributed by atoms with Crippen molar-refractivity contribution in [3.63, 3.8) is 0 Å². The van der Waals surface area contributed by atoms with Crippen molar-refractivity contribution in [1.82, 2.24) is 5.32 Å². The van der Waals surface area contributed by atoms with Crippen molar-refractivity contribution in [2.75, 3.05) is 37.4 Å². The monoisotopic (exact) mass is 307 g/mol. The van der Waals surface area contributed by atoms with Crippen LogP contribution in [-0.2, 0) is 14.3 Å². The van der Waals surface area contributed by atoms with E-state index in [1.165, 1.54) is 0 Å². The number of rotatable bonds is 7. The zero-order valence-electron chi connectivity index (χ0n) is 13.7. The minimum absolute atomic E-state index is 0.0720. The number of amides is 2. The Labute approximate surface area is 131 Å². The summed E-state index contributed by atoms with van der Waals surface area (Å²) >= 11 is 0. The molecular weight excluding hydrogens is 282 g/mol. The second-order valence-electron chi connectivity index (χ2n) is 6.00. The van der Waals surface area contributed by atoms with Crippen LogP contribution in [-0.4, -0.2) is 38.6 Å². The number of carbonyl (C=O) groups excluding carboxylic acids is 2. The fourth-order valence-electron chi connectivity index (χ4n) is 1.57. The minimum atomic E-state index is -0.468. The zero-order chi connectivity index (χ0) is 16.6. The van der Waals surface area contributed by atoms with Gasteiger partial charge in [-0.2, -0.15) is 0 Å². The molecule has 6 heteroatoms.